The summed E-state index contributed by atoms with van der Waals surface area (Å²) >= 11 is 6.25. The van der Waals surface area contributed by atoms with Gasteiger partial charge in [-0.15, -0.1) is 0 Å². The minimum Gasteiger partial charge on any atom is -0.488 e. The van der Waals surface area contributed by atoms with Crippen LogP contribution in [0.1, 0.15) is 70.4 Å². The minimum absolute atomic E-state index is 0.224. The maximum Gasteiger partial charge on any atom is 0.337 e. The molecule has 8 nitrogen and oxygen atoms in total. The normalized spacial score (nSPS) is 15.8. The van der Waals surface area contributed by atoms with Gasteiger partial charge in [-0.1, -0.05) is 37.6 Å². The van der Waals surface area contributed by atoms with Crippen LogP contribution in [-0.2, 0) is 9.53 Å². The van der Waals surface area contributed by atoms with E-state index in [1.54, 1.807) is 24.5 Å². The lowest BCUT2D eigenvalue weighted by Crippen LogP contribution is -2.39. The van der Waals surface area contributed by atoms with Gasteiger partial charge in [0.1, 0.15) is 19.0 Å². The molecule has 4 rings (SSSR count). The van der Waals surface area contributed by atoms with E-state index in [4.69, 9.17) is 25.8 Å². The third-order valence-electron chi connectivity index (χ3n) is 7.47. The number of aryl methyl sites for hydroxylation is 2. The lowest BCUT2D eigenvalue weighted by Gasteiger charge is -2.40. The number of halogens is 1. The summed E-state index contributed by atoms with van der Waals surface area (Å²) in [6, 6.07) is 9.36. The second-order valence-corrected chi connectivity index (χ2v) is 13.0. The largest absolute Gasteiger partial charge is 0.488 e. The van der Waals surface area contributed by atoms with E-state index >= 15 is 0 Å². The van der Waals surface area contributed by atoms with Crippen LogP contribution >= 0.6 is 11.6 Å². The minimum atomic E-state index is -1.17. The molecule has 1 aliphatic heterocycles. The van der Waals surface area contributed by atoms with E-state index in [9.17, 15) is 9.90 Å². The number of piperidine rings is 1. The van der Waals surface area contributed by atoms with Crippen LogP contribution in [0.25, 0.3) is 11.1 Å². The molecule has 1 fully saturated rings. The van der Waals surface area contributed by atoms with Crippen LogP contribution in [0.3, 0.4) is 0 Å². The predicted molar refractivity (Wildman–Crippen MR) is 166 cm³/mol. The zero-order valence-electron chi connectivity index (χ0n) is 25.7. The lowest BCUT2D eigenvalue weighted by molar-refractivity contribution is -0.160. The summed E-state index contributed by atoms with van der Waals surface area (Å²) in [7, 11) is 0. The van der Waals surface area contributed by atoms with Gasteiger partial charge in [0, 0.05) is 53.9 Å². The number of ether oxygens (including phenoxy) is 3. The molecule has 9 heteroatoms. The molecular formula is C33H42ClN3O5. The van der Waals surface area contributed by atoms with Gasteiger partial charge in [0.25, 0.3) is 0 Å². The molecule has 0 amide bonds. The van der Waals surface area contributed by atoms with Gasteiger partial charge in [-0.05, 0) is 70.6 Å². The third kappa shape index (κ3) is 7.72. The molecule has 42 heavy (non-hydrogen) atoms. The molecule has 1 atom stereocenters. The highest BCUT2D eigenvalue weighted by atomic mass is 35.5. The first-order valence-corrected chi connectivity index (χ1v) is 14.8. The monoisotopic (exact) mass is 595 g/mol. The Morgan fingerprint density at radius 3 is 2.33 bits per heavy atom. The van der Waals surface area contributed by atoms with Crippen LogP contribution in [0.4, 0.5) is 5.69 Å². The Balaban J connectivity index is 1.62. The Morgan fingerprint density at radius 2 is 1.74 bits per heavy atom. The molecule has 0 aliphatic carbocycles. The standard InChI is InChI=1S/C33H42ClN3O5/c1-21-9-8-10-25(34)29(21)41-18-17-40-26-12-11-23(19-36-26)24-20-35-22(2)27(30(31(38)39)42-32(3,4)5)28(24)37-15-13-33(6,7)14-16-37/h8-12,19-20,30H,13-18H2,1-7H3,(H,38,39)/t30-/m0/s1. The summed E-state index contributed by atoms with van der Waals surface area (Å²) in [5, 5.41) is 10.9. The average molecular weight is 596 g/mol. The lowest BCUT2D eigenvalue weighted by atomic mass is 9.82. The topological polar surface area (TPSA) is 94.0 Å². The molecular weight excluding hydrogens is 554 g/mol. The van der Waals surface area contributed by atoms with E-state index in [0.717, 1.165) is 48.3 Å². The highest BCUT2D eigenvalue weighted by Gasteiger charge is 2.35. The quantitative estimate of drug-likeness (QED) is 0.242. The highest BCUT2D eigenvalue weighted by molar-refractivity contribution is 6.32. The smallest absolute Gasteiger partial charge is 0.337 e. The average Bonchev–Trinajstić information content (AvgIpc) is 2.91. The van der Waals surface area contributed by atoms with E-state index in [-0.39, 0.29) is 5.41 Å². The van der Waals surface area contributed by atoms with E-state index < -0.39 is 17.7 Å². The Bertz CT molecular complexity index is 1370. The summed E-state index contributed by atoms with van der Waals surface area (Å²) in [6.07, 6.45) is 4.36. The van der Waals surface area contributed by atoms with Crippen molar-refractivity contribution in [3.63, 3.8) is 0 Å². The van der Waals surface area contributed by atoms with Crippen molar-refractivity contribution >= 4 is 23.3 Å². The van der Waals surface area contributed by atoms with Gasteiger partial charge in [0.2, 0.25) is 5.88 Å². The summed E-state index contributed by atoms with van der Waals surface area (Å²) in [4.78, 5) is 24.1. The van der Waals surface area contributed by atoms with Crippen molar-refractivity contribution in [3.8, 4) is 22.8 Å². The maximum atomic E-state index is 12.6. The summed E-state index contributed by atoms with van der Waals surface area (Å²) in [5.74, 6) is 0.0680. The van der Waals surface area contributed by atoms with Crippen LogP contribution in [-0.4, -0.2) is 52.9 Å². The van der Waals surface area contributed by atoms with Crippen molar-refractivity contribution in [1.29, 1.82) is 0 Å². The van der Waals surface area contributed by atoms with Crippen molar-refractivity contribution in [2.45, 2.75) is 73.0 Å². The number of carboxylic acids is 1. The van der Waals surface area contributed by atoms with Gasteiger partial charge in [-0.2, -0.15) is 0 Å². The number of carbonyl (C=O) groups is 1. The van der Waals surface area contributed by atoms with Crippen molar-refractivity contribution < 1.29 is 24.1 Å². The van der Waals surface area contributed by atoms with Crippen LogP contribution < -0.4 is 14.4 Å². The number of aromatic nitrogens is 2. The molecule has 226 valence electrons. The zero-order valence-corrected chi connectivity index (χ0v) is 26.4. The SMILES string of the molecule is Cc1cccc(Cl)c1OCCOc1ccc(-c2cnc(C)c([C@H](OC(C)(C)C)C(=O)O)c2N2CCC(C)(C)CC2)cn1. The van der Waals surface area contributed by atoms with E-state index in [1.807, 2.05) is 52.8 Å². The molecule has 0 radical (unpaired) electrons. The Labute approximate surface area is 254 Å². The molecule has 0 spiro atoms. The van der Waals surface area contributed by atoms with Crippen LogP contribution in [0, 0.1) is 19.3 Å². The molecule has 0 unspecified atom stereocenters. The Morgan fingerprint density at radius 1 is 1.05 bits per heavy atom. The molecule has 1 aromatic carbocycles. The molecule has 3 aromatic rings. The highest BCUT2D eigenvalue weighted by Crippen LogP contribution is 2.43. The summed E-state index contributed by atoms with van der Waals surface area (Å²) in [6.45, 7) is 16.2. The number of aliphatic carboxylic acids is 1. The maximum absolute atomic E-state index is 12.6. The van der Waals surface area contributed by atoms with Gasteiger partial charge >= 0.3 is 5.97 Å². The van der Waals surface area contributed by atoms with Crippen molar-refractivity contribution in [3.05, 3.63) is 64.6 Å². The third-order valence-corrected chi connectivity index (χ3v) is 7.77. The van der Waals surface area contributed by atoms with Gasteiger partial charge in [0.15, 0.2) is 6.10 Å². The van der Waals surface area contributed by atoms with Crippen LogP contribution in [0.15, 0.2) is 42.7 Å². The first kappa shape index (κ1) is 31.6. The number of rotatable bonds is 10. The number of hydrogen-bond acceptors (Lipinski definition) is 7. The van der Waals surface area contributed by atoms with Crippen molar-refractivity contribution in [1.82, 2.24) is 9.97 Å². The fraction of sp³-hybridized carbons (Fsp3) is 0.485. The fourth-order valence-corrected chi connectivity index (χ4v) is 5.39. The first-order chi connectivity index (χ1) is 19.8. The molecule has 1 saturated heterocycles. The van der Waals surface area contributed by atoms with Crippen molar-refractivity contribution in [2.75, 3.05) is 31.2 Å². The van der Waals surface area contributed by atoms with Crippen LogP contribution in [0.5, 0.6) is 11.6 Å². The first-order valence-electron chi connectivity index (χ1n) is 14.4. The number of anilines is 1. The summed E-state index contributed by atoms with van der Waals surface area (Å²) in [5.41, 5.74) is 4.22. The predicted octanol–water partition coefficient (Wildman–Crippen LogP) is 7.44. The molecule has 3 heterocycles. The molecule has 1 aliphatic rings. The van der Waals surface area contributed by atoms with E-state index in [0.29, 0.717) is 41.1 Å². The zero-order chi connectivity index (χ0) is 30.7. The summed E-state index contributed by atoms with van der Waals surface area (Å²) < 4.78 is 17.8. The molecule has 0 saturated carbocycles. The Kier molecular flexibility index (Phi) is 9.68. The second kappa shape index (κ2) is 12.9. The number of benzene rings is 1. The van der Waals surface area contributed by atoms with E-state index in [2.05, 4.69) is 28.7 Å². The van der Waals surface area contributed by atoms with Crippen molar-refractivity contribution in [2.24, 2.45) is 5.41 Å². The number of pyridine rings is 2. The molecule has 2 aromatic heterocycles. The molecule has 0 bridgehead atoms. The van der Waals surface area contributed by atoms with E-state index in [1.165, 1.54) is 0 Å². The second-order valence-electron chi connectivity index (χ2n) is 12.6. The van der Waals surface area contributed by atoms with Gasteiger partial charge in [0.05, 0.1) is 16.3 Å². The number of hydrogen-bond donors (Lipinski definition) is 1. The number of carboxylic acid groups (broad SMARTS) is 1. The number of nitrogens with zero attached hydrogens (tertiary/aromatic N) is 3. The van der Waals surface area contributed by atoms with Gasteiger partial charge in [-0.25, -0.2) is 9.78 Å². The van der Waals surface area contributed by atoms with Crippen LogP contribution in [0.2, 0.25) is 5.02 Å². The fourth-order valence-electron chi connectivity index (χ4n) is 5.11. The number of para-hydroxylation sites is 1. The Hall–Kier alpha value is -3.36. The van der Waals surface area contributed by atoms with Gasteiger partial charge < -0.3 is 24.2 Å². The molecule has 1 N–H and O–H groups in total. The van der Waals surface area contributed by atoms with Gasteiger partial charge in [-0.3, -0.25) is 4.98 Å².